The number of hydrogen-bond acceptors (Lipinski definition) is 4. The summed E-state index contributed by atoms with van der Waals surface area (Å²) in [5, 5.41) is 19.8. The fourth-order valence-corrected chi connectivity index (χ4v) is 2.06. The van der Waals surface area contributed by atoms with Gasteiger partial charge < -0.3 is 20.4 Å². The van der Waals surface area contributed by atoms with Crippen molar-refractivity contribution in [3.8, 4) is 0 Å². The Morgan fingerprint density at radius 2 is 1.74 bits per heavy atom. The van der Waals surface area contributed by atoms with Gasteiger partial charge in [-0.05, 0) is 32.4 Å². The molecule has 1 aliphatic rings. The highest BCUT2D eigenvalue weighted by Gasteiger charge is 2.21. The maximum Gasteiger partial charge on any atom is 0.326 e. The minimum atomic E-state index is -1.20. The average Bonchev–Trinajstić information content (AvgIpc) is 2.84. The van der Waals surface area contributed by atoms with Crippen molar-refractivity contribution in [3.63, 3.8) is 0 Å². The van der Waals surface area contributed by atoms with Crippen molar-refractivity contribution in [2.24, 2.45) is 0 Å². The zero-order valence-corrected chi connectivity index (χ0v) is 10.8. The summed E-state index contributed by atoms with van der Waals surface area (Å²) >= 11 is 0. The molecule has 0 radical (unpaired) electrons. The topological polar surface area (TPSA) is 107 Å². The van der Waals surface area contributed by atoms with Crippen LogP contribution >= 0.6 is 0 Å². The largest absolute Gasteiger partial charge is 0.481 e. The first-order valence-corrected chi connectivity index (χ1v) is 6.45. The van der Waals surface area contributed by atoms with Gasteiger partial charge in [0.05, 0.1) is 0 Å². The van der Waals surface area contributed by atoms with Crippen molar-refractivity contribution < 1.29 is 24.6 Å². The van der Waals surface area contributed by atoms with Crippen molar-refractivity contribution in [2.45, 2.75) is 38.1 Å². The molecule has 7 heteroatoms. The Balaban J connectivity index is 2.29. The molecule has 19 heavy (non-hydrogen) atoms. The fraction of sp³-hybridized carbons (Fsp3) is 0.750. The quantitative estimate of drug-likeness (QED) is 0.570. The maximum atomic E-state index is 11.6. The molecule has 1 amide bonds. The highest BCUT2D eigenvalue weighted by molar-refractivity contribution is 5.84. The lowest BCUT2D eigenvalue weighted by atomic mass is 10.1. The number of carboxylic acid groups (broad SMARTS) is 2. The molecular formula is C12H20N2O5. The van der Waals surface area contributed by atoms with E-state index in [1.165, 1.54) is 0 Å². The van der Waals surface area contributed by atoms with Crippen molar-refractivity contribution in [1.29, 1.82) is 0 Å². The summed E-state index contributed by atoms with van der Waals surface area (Å²) in [5.41, 5.74) is 0. The maximum absolute atomic E-state index is 11.6. The molecule has 1 heterocycles. The van der Waals surface area contributed by atoms with E-state index in [9.17, 15) is 14.4 Å². The van der Waals surface area contributed by atoms with Gasteiger partial charge in [0.2, 0.25) is 5.91 Å². The number of carbonyl (C=O) groups is 3. The Morgan fingerprint density at radius 3 is 2.26 bits per heavy atom. The second-order valence-corrected chi connectivity index (χ2v) is 4.69. The lowest BCUT2D eigenvalue weighted by molar-refractivity contribution is -0.143. The molecule has 1 atom stereocenters. The molecule has 1 aliphatic heterocycles. The van der Waals surface area contributed by atoms with E-state index < -0.39 is 18.0 Å². The highest BCUT2D eigenvalue weighted by atomic mass is 16.4. The van der Waals surface area contributed by atoms with E-state index in [1.807, 2.05) is 0 Å². The molecule has 0 aromatic rings. The Labute approximate surface area is 111 Å². The molecule has 0 saturated carbocycles. The minimum Gasteiger partial charge on any atom is -0.481 e. The van der Waals surface area contributed by atoms with E-state index in [2.05, 4.69) is 10.2 Å². The van der Waals surface area contributed by atoms with Gasteiger partial charge in [-0.1, -0.05) is 0 Å². The number of nitrogens with zero attached hydrogens (tertiary/aromatic N) is 1. The van der Waals surface area contributed by atoms with Gasteiger partial charge in [0, 0.05) is 19.4 Å². The van der Waals surface area contributed by atoms with Crippen LogP contribution in [-0.2, 0) is 14.4 Å². The summed E-state index contributed by atoms with van der Waals surface area (Å²) in [6.07, 6.45) is 2.15. The van der Waals surface area contributed by atoms with E-state index in [0.29, 0.717) is 6.54 Å². The standard InChI is InChI=1S/C12H20N2O5/c15-10(5-8-14-6-1-2-7-14)13-9(12(18)19)3-4-11(16)17/h9H,1-8H2,(H,13,15)(H,16,17)(H,18,19). The zero-order valence-electron chi connectivity index (χ0n) is 10.8. The second-order valence-electron chi connectivity index (χ2n) is 4.69. The number of aliphatic carboxylic acids is 2. The van der Waals surface area contributed by atoms with Gasteiger partial charge in [0.1, 0.15) is 6.04 Å². The van der Waals surface area contributed by atoms with Crippen molar-refractivity contribution >= 4 is 17.8 Å². The molecule has 0 bridgehead atoms. The molecular weight excluding hydrogens is 252 g/mol. The number of carbonyl (C=O) groups excluding carboxylic acids is 1. The van der Waals surface area contributed by atoms with Crippen molar-refractivity contribution in [3.05, 3.63) is 0 Å². The van der Waals surface area contributed by atoms with Gasteiger partial charge in [-0.2, -0.15) is 0 Å². The normalized spacial score (nSPS) is 17.1. The van der Waals surface area contributed by atoms with Gasteiger partial charge in [0.15, 0.2) is 0 Å². The summed E-state index contributed by atoms with van der Waals surface area (Å²) in [6, 6.07) is -1.12. The molecule has 1 fully saturated rings. The van der Waals surface area contributed by atoms with E-state index >= 15 is 0 Å². The molecule has 1 unspecified atom stereocenters. The van der Waals surface area contributed by atoms with Gasteiger partial charge in [-0.3, -0.25) is 9.59 Å². The van der Waals surface area contributed by atoms with Crippen LogP contribution in [0.2, 0.25) is 0 Å². The Bertz CT molecular complexity index is 339. The fourth-order valence-electron chi connectivity index (χ4n) is 2.06. The number of rotatable bonds is 8. The summed E-state index contributed by atoms with van der Waals surface area (Å²) < 4.78 is 0. The zero-order chi connectivity index (χ0) is 14.3. The average molecular weight is 272 g/mol. The molecule has 3 N–H and O–H groups in total. The van der Waals surface area contributed by atoms with E-state index in [4.69, 9.17) is 10.2 Å². The number of nitrogens with one attached hydrogen (secondary N) is 1. The van der Waals surface area contributed by atoms with E-state index in [-0.39, 0.29) is 25.2 Å². The third kappa shape index (κ3) is 6.19. The third-order valence-electron chi connectivity index (χ3n) is 3.13. The van der Waals surface area contributed by atoms with Crippen LogP contribution in [0.3, 0.4) is 0 Å². The Hall–Kier alpha value is -1.63. The first-order valence-electron chi connectivity index (χ1n) is 6.45. The van der Waals surface area contributed by atoms with Crippen LogP contribution in [0.4, 0.5) is 0 Å². The summed E-state index contributed by atoms with van der Waals surface area (Å²) in [7, 11) is 0. The summed E-state index contributed by atoms with van der Waals surface area (Å²) in [5.74, 6) is -2.61. The number of amides is 1. The monoisotopic (exact) mass is 272 g/mol. The van der Waals surface area contributed by atoms with Crippen LogP contribution in [-0.4, -0.2) is 58.6 Å². The third-order valence-corrected chi connectivity index (χ3v) is 3.13. The van der Waals surface area contributed by atoms with Crippen LogP contribution < -0.4 is 5.32 Å². The van der Waals surface area contributed by atoms with Gasteiger partial charge in [0.25, 0.3) is 0 Å². The van der Waals surface area contributed by atoms with Crippen molar-refractivity contribution in [1.82, 2.24) is 10.2 Å². The first-order chi connectivity index (χ1) is 8.99. The second kappa shape index (κ2) is 7.73. The summed E-state index contributed by atoms with van der Waals surface area (Å²) in [6.45, 7) is 2.58. The predicted octanol–water partition coefficient (Wildman–Crippen LogP) is -0.0935. The molecule has 1 saturated heterocycles. The predicted molar refractivity (Wildman–Crippen MR) is 66.7 cm³/mol. The Morgan fingerprint density at radius 1 is 1.11 bits per heavy atom. The van der Waals surface area contributed by atoms with Gasteiger partial charge in [-0.15, -0.1) is 0 Å². The number of likely N-dealkylation sites (tertiary alicyclic amines) is 1. The SMILES string of the molecule is O=C(O)CCC(NC(=O)CCN1CCCC1)C(=O)O. The molecule has 0 aromatic heterocycles. The highest BCUT2D eigenvalue weighted by Crippen LogP contribution is 2.07. The van der Waals surface area contributed by atoms with Crippen LogP contribution in [0.1, 0.15) is 32.1 Å². The first kappa shape index (κ1) is 15.4. The molecule has 108 valence electrons. The lowest BCUT2D eigenvalue weighted by Gasteiger charge is -2.16. The molecule has 7 nitrogen and oxygen atoms in total. The van der Waals surface area contributed by atoms with Crippen LogP contribution in [0, 0.1) is 0 Å². The van der Waals surface area contributed by atoms with E-state index in [0.717, 1.165) is 25.9 Å². The molecule has 0 spiro atoms. The molecule has 1 rings (SSSR count). The van der Waals surface area contributed by atoms with Crippen LogP contribution in [0.25, 0.3) is 0 Å². The van der Waals surface area contributed by atoms with Gasteiger partial charge in [-0.25, -0.2) is 4.79 Å². The van der Waals surface area contributed by atoms with Crippen molar-refractivity contribution in [2.75, 3.05) is 19.6 Å². The number of carboxylic acids is 2. The van der Waals surface area contributed by atoms with Gasteiger partial charge >= 0.3 is 11.9 Å². The smallest absolute Gasteiger partial charge is 0.326 e. The molecule has 0 aromatic carbocycles. The van der Waals surface area contributed by atoms with Crippen LogP contribution in [0.5, 0.6) is 0 Å². The number of hydrogen-bond donors (Lipinski definition) is 3. The summed E-state index contributed by atoms with van der Waals surface area (Å²) in [4.78, 5) is 35.1. The Kier molecular flexibility index (Phi) is 6.27. The van der Waals surface area contributed by atoms with Crippen LogP contribution in [0.15, 0.2) is 0 Å². The lowest BCUT2D eigenvalue weighted by Crippen LogP contribution is -2.42. The minimum absolute atomic E-state index is 0.0971. The van der Waals surface area contributed by atoms with E-state index in [1.54, 1.807) is 0 Å². The molecule has 0 aliphatic carbocycles.